The SMILES string of the molecule is CC1(F)CN(c2ccc(CC(=O)Nc3nnc([C@H]4CCC[C@H](c5nnc(NC(=O)Cc6ccc(N7CC(F)(F)C7)cc6)s5)C4)s3)cc2)C1. The molecule has 4 aromatic rings. The van der Waals surface area contributed by atoms with Crippen LogP contribution in [0.1, 0.15) is 65.6 Å². The lowest BCUT2D eigenvalue weighted by molar-refractivity contribution is -0.116. The molecule has 2 saturated heterocycles. The monoisotopic (exact) mass is 696 g/mol. The molecule has 2 aliphatic heterocycles. The zero-order valence-electron chi connectivity index (χ0n) is 26.3. The number of hydrogen-bond acceptors (Lipinski definition) is 10. The molecular formula is C33H35F3N8O2S2. The summed E-state index contributed by atoms with van der Waals surface area (Å²) in [6.45, 7) is 1.79. The number of carbonyl (C=O) groups is 2. The topological polar surface area (TPSA) is 116 Å². The molecule has 252 valence electrons. The largest absolute Gasteiger partial charge is 0.365 e. The highest BCUT2D eigenvalue weighted by Gasteiger charge is 2.44. The van der Waals surface area contributed by atoms with E-state index in [9.17, 15) is 22.8 Å². The molecule has 3 aliphatic rings. The van der Waals surface area contributed by atoms with E-state index in [1.54, 1.807) is 36.1 Å². The van der Waals surface area contributed by atoms with Gasteiger partial charge in [0.25, 0.3) is 5.92 Å². The summed E-state index contributed by atoms with van der Waals surface area (Å²) < 4.78 is 40.1. The highest BCUT2D eigenvalue weighted by atomic mass is 32.1. The quantitative estimate of drug-likeness (QED) is 0.202. The van der Waals surface area contributed by atoms with E-state index < -0.39 is 11.6 Å². The highest BCUT2D eigenvalue weighted by Crippen LogP contribution is 2.43. The Morgan fingerprint density at radius 1 is 0.729 bits per heavy atom. The minimum absolute atomic E-state index is 0.138. The number of nitrogens with zero attached hydrogens (tertiary/aromatic N) is 6. The van der Waals surface area contributed by atoms with Gasteiger partial charge in [0.1, 0.15) is 15.7 Å². The first-order valence-corrected chi connectivity index (χ1v) is 17.6. The zero-order chi connectivity index (χ0) is 33.5. The van der Waals surface area contributed by atoms with Crippen LogP contribution in [0.25, 0.3) is 0 Å². The third-order valence-electron chi connectivity index (χ3n) is 8.96. The standard InChI is InChI=1S/C33H35F3N8O2S2/c1-32(34)16-43(17-32)24-9-5-20(6-10-24)13-26(45)37-30-41-39-28(47-30)22-3-2-4-23(15-22)29-40-42-31(48-29)38-27(46)14-21-7-11-25(12-8-21)44-18-33(35,36)19-44/h5-12,22-23H,2-4,13-19H2,1H3,(H,37,41,45)(H,38,42,46)/t22-,23-/m0/s1. The molecule has 0 radical (unpaired) electrons. The van der Waals surface area contributed by atoms with Gasteiger partial charge in [0.2, 0.25) is 22.1 Å². The first-order chi connectivity index (χ1) is 23.0. The van der Waals surface area contributed by atoms with Crippen LogP contribution in [0.3, 0.4) is 0 Å². The van der Waals surface area contributed by atoms with Gasteiger partial charge < -0.3 is 20.4 Å². The van der Waals surface area contributed by atoms with Gasteiger partial charge in [-0.05, 0) is 61.6 Å². The van der Waals surface area contributed by atoms with Crippen molar-refractivity contribution in [2.45, 2.75) is 68.9 Å². The maximum absolute atomic E-state index is 13.8. The number of hydrogen-bond donors (Lipinski definition) is 2. The number of rotatable bonds is 10. The molecule has 10 nitrogen and oxygen atoms in total. The molecule has 0 spiro atoms. The van der Waals surface area contributed by atoms with Crippen LogP contribution in [0.5, 0.6) is 0 Å². The van der Waals surface area contributed by atoms with E-state index in [1.807, 2.05) is 29.2 Å². The second kappa shape index (κ2) is 13.1. The van der Waals surface area contributed by atoms with Crippen molar-refractivity contribution in [2.24, 2.45) is 0 Å². The fraction of sp³-hybridized carbons (Fsp3) is 0.455. The second-order valence-electron chi connectivity index (χ2n) is 13.2. The van der Waals surface area contributed by atoms with Crippen LogP contribution >= 0.6 is 22.7 Å². The number of anilines is 4. The van der Waals surface area contributed by atoms with Gasteiger partial charge >= 0.3 is 0 Å². The minimum Gasteiger partial charge on any atom is -0.365 e. The summed E-state index contributed by atoms with van der Waals surface area (Å²) >= 11 is 2.76. The van der Waals surface area contributed by atoms with Gasteiger partial charge in [0.05, 0.1) is 39.0 Å². The van der Waals surface area contributed by atoms with Crippen molar-refractivity contribution in [1.29, 1.82) is 0 Å². The van der Waals surface area contributed by atoms with Gasteiger partial charge in [-0.3, -0.25) is 9.59 Å². The van der Waals surface area contributed by atoms with Crippen molar-refractivity contribution in [3.05, 3.63) is 69.7 Å². The van der Waals surface area contributed by atoms with Crippen molar-refractivity contribution in [2.75, 3.05) is 46.6 Å². The van der Waals surface area contributed by atoms with Crippen LogP contribution in [0.4, 0.5) is 34.8 Å². The summed E-state index contributed by atoms with van der Waals surface area (Å²) in [5.74, 6) is -2.68. The molecule has 7 rings (SSSR count). The maximum Gasteiger partial charge on any atom is 0.282 e. The molecule has 0 unspecified atom stereocenters. The van der Waals surface area contributed by atoms with Crippen molar-refractivity contribution in [3.8, 4) is 0 Å². The van der Waals surface area contributed by atoms with E-state index in [2.05, 4.69) is 31.0 Å². The van der Waals surface area contributed by atoms with Crippen molar-refractivity contribution in [3.63, 3.8) is 0 Å². The fourth-order valence-electron chi connectivity index (χ4n) is 6.51. The molecule has 0 bridgehead atoms. The van der Waals surface area contributed by atoms with Crippen LogP contribution in [0.15, 0.2) is 48.5 Å². The predicted octanol–water partition coefficient (Wildman–Crippen LogP) is 6.20. The summed E-state index contributed by atoms with van der Waals surface area (Å²) in [5.41, 5.74) is 2.16. The Labute approximate surface area is 283 Å². The summed E-state index contributed by atoms with van der Waals surface area (Å²) in [4.78, 5) is 29.0. The Bertz CT molecular complexity index is 1640. The van der Waals surface area contributed by atoms with Crippen LogP contribution < -0.4 is 20.4 Å². The summed E-state index contributed by atoms with van der Waals surface area (Å²) in [5, 5.41) is 25.6. The van der Waals surface area contributed by atoms with E-state index >= 15 is 0 Å². The smallest absolute Gasteiger partial charge is 0.282 e. The van der Waals surface area contributed by atoms with E-state index in [-0.39, 0.29) is 49.6 Å². The van der Waals surface area contributed by atoms with E-state index in [0.29, 0.717) is 29.0 Å². The molecule has 1 saturated carbocycles. The van der Waals surface area contributed by atoms with E-state index in [1.165, 1.54) is 22.7 Å². The molecule has 1 aliphatic carbocycles. The molecule has 2 aromatic heterocycles. The van der Waals surface area contributed by atoms with Gasteiger partial charge in [-0.15, -0.1) is 20.4 Å². The molecule has 3 fully saturated rings. The predicted molar refractivity (Wildman–Crippen MR) is 180 cm³/mol. The van der Waals surface area contributed by atoms with Gasteiger partial charge in [-0.2, -0.15) is 0 Å². The van der Waals surface area contributed by atoms with Crippen LogP contribution in [0, 0.1) is 0 Å². The first-order valence-electron chi connectivity index (χ1n) is 16.0. The molecule has 48 heavy (non-hydrogen) atoms. The number of benzene rings is 2. The van der Waals surface area contributed by atoms with Crippen LogP contribution in [-0.4, -0.2) is 70.0 Å². The van der Waals surface area contributed by atoms with Gasteiger partial charge in [0, 0.05) is 23.2 Å². The number of alkyl halides is 3. The number of halogens is 3. The van der Waals surface area contributed by atoms with Crippen molar-refractivity contribution < 1.29 is 22.8 Å². The highest BCUT2D eigenvalue weighted by molar-refractivity contribution is 7.15. The summed E-state index contributed by atoms with van der Waals surface area (Å²) in [7, 11) is 0. The summed E-state index contributed by atoms with van der Waals surface area (Å²) in [6.07, 6.45) is 4.07. The number of nitrogens with one attached hydrogen (secondary N) is 2. The Balaban J connectivity index is 0.876. The van der Waals surface area contributed by atoms with Crippen LogP contribution in [-0.2, 0) is 22.4 Å². The Morgan fingerprint density at radius 3 is 1.58 bits per heavy atom. The lowest BCUT2D eigenvalue weighted by Gasteiger charge is -2.43. The lowest BCUT2D eigenvalue weighted by Crippen LogP contribution is -2.57. The second-order valence-corrected chi connectivity index (χ2v) is 15.2. The number of carbonyl (C=O) groups excluding carboxylic acids is 2. The van der Waals surface area contributed by atoms with Gasteiger partial charge in [0.15, 0.2) is 0 Å². The van der Waals surface area contributed by atoms with Gasteiger partial charge in [-0.25, -0.2) is 13.2 Å². The molecule has 2 N–H and O–H groups in total. The maximum atomic E-state index is 13.8. The van der Waals surface area contributed by atoms with E-state index in [4.69, 9.17) is 0 Å². The Kier molecular flexibility index (Phi) is 8.83. The average molecular weight is 697 g/mol. The molecule has 15 heteroatoms. The number of amides is 2. The van der Waals surface area contributed by atoms with Crippen LogP contribution in [0.2, 0.25) is 0 Å². The third-order valence-corrected chi connectivity index (χ3v) is 11.0. The minimum atomic E-state index is -2.63. The van der Waals surface area contributed by atoms with E-state index in [0.717, 1.165) is 52.5 Å². The molecular weight excluding hydrogens is 662 g/mol. The summed E-state index contributed by atoms with van der Waals surface area (Å²) in [6, 6.07) is 14.7. The molecule has 4 heterocycles. The molecule has 2 aromatic carbocycles. The van der Waals surface area contributed by atoms with Crippen molar-refractivity contribution in [1.82, 2.24) is 20.4 Å². The Hall–Kier alpha value is -4.11. The third kappa shape index (κ3) is 7.62. The first kappa shape index (κ1) is 32.4. The molecule has 2 amide bonds. The van der Waals surface area contributed by atoms with Gasteiger partial charge in [-0.1, -0.05) is 53.4 Å². The fourth-order valence-corrected chi connectivity index (χ4v) is 8.33. The zero-order valence-corrected chi connectivity index (χ0v) is 27.9. The average Bonchev–Trinajstić information content (AvgIpc) is 3.69. The Morgan fingerprint density at radius 2 is 1.17 bits per heavy atom. The number of aromatic nitrogens is 4. The molecule has 2 atom stereocenters. The van der Waals surface area contributed by atoms with Crippen molar-refractivity contribution >= 4 is 56.1 Å². The normalized spacial score (nSPS) is 21.2. The lowest BCUT2D eigenvalue weighted by atomic mass is 9.82.